The van der Waals surface area contributed by atoms with Crippen molar-refractivity contribution in [3.63, 3.8) is 0 Å². The molecule has 0 spiro atoms. The van der Waals surface area contributed by atoms with E-state index in [1.54, 1.807) is 22.8 Å². The average Bonchev–Trinajstić information content (AvgIpc) is 2.57. The second-order valence-corrected chi connectivity index (χ2v) is 5.76. The summed E-state index contributed by atoms with van der Waals surface area (Å²) < 4.78 is 6.39. The van der Waals surface area contributed by atoms with Gasteiger partial charge >= 0.3 is 5.97 Å². The molecule has 4 nitrogen and oxygen atoms in total. The Hall–Kier alpha value is -2.07. The van der Waals surface area contributed by atoms with Crippen molar-refractivity contribution in [1.82, 2.24) is 4.57 Å². The first-order valence-electron chi connectivity index (χ1n) is 7.54. The van der Waals surface area contributed by atoms with Crippen molar-refractivity contribution in [1.29, 1.82) is 0 Å². The molecule has 0 atom stereocenters. The van der Waals surface area contributed by atoms with Crippen LogP contribution in [-0.4, -0.2) is 17.6 Å². The summed E-state index contributed by atoms with van der Waals surface area (Å²) in [6, 6.07) is 8.95. The molecule has 122 valence electrons. The van der Waals surface area contributed by atoms with Crippen LogP contribution in [0.15, 0.2) is 35.1 Å². The zero-order valence-electron chi connectivity index (χ0n) is 13.6. The molecule has 0 radical (unpaired) electrons. The minimum atomic E-state index is -0.356. The second kappa shape index (κ2) is 7.47. The number of ether oxygens (including phenoxy) is 1. The topological polar surface area (TPSA) is 48.3 Å². The van der Waals surface area contributed by atoms with Gasteiger partial charge in [0.1, 0.15) is 5.02 Å². The Labute approximate surface area is 140 Å². The molecule has 0 N–H and O–H groups in total. The van der Waals surface area contributed by atoms with E-state index in [9.17, 15) is 9.59 Å². The number of hydrogen-bond donors (Lipinski definition) is 0. The maximum Gasteiger partial charge on any atom is 0.337 e. The number of halogens is 1. The first kappa shape index (κ1) is 17.3. The van der Waals surface area contributed by atoms with Gasteiger partial charge in [0.2, 0.25) is 0 Å². The smallest absolute Gasteiger partial charge is 0.337 e. The Balaban J connectivity index is 2.20. The summed E-state index contributed by atoms with van der Waals surface area (Å²) in [7, 11) is 1.36. The van der Waals surface area contributed by atoms with Gasteiger partial charge in [0.25, 0.3) is 5.56 Å². The third-order valence-electron chi connectivity index (χ3n) is 4.00. The third-order valence-corrected chi connectivity index (χ3v) is 4.27. The molecular formula is C18H20ClNO3. The molecule has 0 amide bonds. The van der Waals surface area contributed by atoms with Gasteiger partial charge in [0.15, 0.2) is 0 Å². The number of pyridine rings is 1. The number of esters is 1. The number of carbonyl (C=O) groups excluding carboxylic acids is 1. The molecule has 2 rings (SSSR count). The molecule has 0 aliphatic heterocycles. The van der Waals surface area contributed by atoms with Crippen LogP contribution in [0.4, 0.5) is 0 Å². The van der Waals surface area contributed by atoms with Crippen molar-refractivity contribution < 1.29 is 9.53 Å². The number of methoxy groups -OCH3 is 1. The quantitative estimate of drug-likeness (QED) is 0.788. The van der Waals surface area contributed by atoms with Crippen LogP contribution in [0.2, 0.25) is 5.02 Å². The normalized spacial score (nSPS) is 10.6. The summed E-state index contributed by atoms with van der Waals surface area (Å²) in [6.07, 6.45) is 1.52. The van der Waals surface area contributed by atoms with E-state index in [0.29, 0.717) is 18.5 Å². The van der Waals surface area contributed by atoms with Gasteiger partial charge in [-0.1, -0.05) is 30.7 Å². The molecule has 0 fully saturated rings. The maximum absolute atomic E-state index is 12.2. The van der Waals surface area contributed by atoms with Crippen molar-refractivity contribution in [2.45, 2.75) is 33.2 Å². The highest BCUT2D eigenvalue weighted by atomic mass is 35.5. The zero-order valence-corrected chi connectivity index (χ0v) is 14.3. The van der Waals surface area contributed by atoms with Crippen LogP contribution in [0.1, 0.15) is 34.1 Å². The van der Waals surface area contributed by atoms with E-state index in [-0.39, 0.29) is 16.6 Å². The van der Waals surface area contributed by atoms with E-state index in [0.717, 1.165) is 23.2 Å². The maximum atomic E-state index is 12.2. The van der Waals surface area contributed by atoms with Crippen LogP contribution in [0.3, 0.4) is 0 Å². The Bertz CT molecular complexity index is 763. The SMILES string of the molecule is CCc1cc(Cl)c(=O)n(CCc2ccc(C(=O)OC)cc2)c1C. The van der Waals surface area contributed by atoms with Crippen molar-refractivity contribution in [3.8, 4) is 0 Å². The predicted octanol–water partition coefficient (Wildman–Crippen LogP) is 3.40. The molecule has 0 aliphatic rings. The van der Waals surface area contributed by atoms with E-state index >= 15 is 0 Å². The van der Waals surface area contributed by atoms with Gasteiger partial charge in [-0.05, 0) is 49.1 Å². The fourth-order valence-corrected chi connectivity index (χ4v) is 2.80. The summed E-state index contributed by atoms with van der Waals surface area (Å²) in [5, 5.41) is 0.258. The number of aromatic nitrogens is 1. The fraction of sp³-hybridized carbons (Fsp3) is 0.333. The molecule has 2 aromatic rings. The summed E-state index contributed by atoms with van der Waals surface area (Å²) >= 11 is 6.04. The van der Waals surface area contributed by atoms with Gasteiger partial charge in [-0.2, -0.15) is 0 Å². The highest BCUT2D eigenvalue weighted by molar-refractivity contribution is 6.30. The highest BCUT2D eigenvalue weighted by Crippen LogP contribution is 2.14. The van der Waals surface area contributed by atoms with E-state index < -0.39 is 0 Å². The number of aryl methyl sites for hydroxylation is 2. The Kier molecular flexibility index (Phi) is 5.61. The molecule has 0 unspecified atom stereocenters. The minimum Gasteiger partial charge on any atom is -0.465 e. The summed E-state index contributed by atoms with van der Waals surface area (Å²) in [5.41, 5.74) is 3.43. The lowest BCUT2D eigenvalue weighted by Gasteiger charge is -2.14. The van der Waals surface area contributed by atoms with Gasteiger partial charge in [0, 0.05) is 12.2 Å². The lowest BCUT2D eigenvalue weighted by Crippen LogP contribution is -2.25. The molecule has 1 aromatic heterocycles. The largest absolute Gasteiger partial charge is 0.465 e. The number of carbonyl (C=O) groups is 1. The van der Waals surface area contributed by atoms with Crippen molar-refractivity contribution >= 4 is 17.6 Å². The van der Waals surface area contributed by atoms with Crippen LogP contribution in [0.25, 0.3) is 0 Å². The molecule has 1 heterocycles. The molecular weight excluding hydrogens is 314 g/mol. The van der Waals surface area contributed by atoms with Crippen LogP contribution >= 0.6 is 11.6 Å². The Morgan fingerprint density at radius 1 is 1.26 bits per heavy atom. The minimum absolute atomic E-state index is 0.160. The molecule has 23 heavy (non-hydrogen) atoms. The van der Waals surface area contributed by atoms with Crippen LogP contribution < -0.4 is 5.56 Å². The Morgan fingerprint density at radius 3 is 2.48 bits per heavy atom. The van der Waals surface area contributed by atoms with E-state index in [1.807, 2.05) is 26.0 Å². The summed E-state index contributed by atoms with van der Waals surface area (Å²) in [4.78, 5) is 23.7. The van der Waals surface area contributed by atoms with Crippen LogP contribution in [0.5, 0.6) is 0 Å². The van der Waals surface area contributed by atoms with Crippen LogP contribution in [-0.2, 0) is 24.1 Å². The molecule has 0 aliphatic carbocycles. The number of hydrogen-bond acceptors (Lipinski definition) is 3. The first-order valence-corrected chi connectivity index (χ1v) is 7.91. The number of nitrogens with zero attached hydrogens (tertiary/aromatic N) is 1. The lowest BCUT2D eigenvalue weighted by atomic mass is 10.1. The molecule has 0 saturated heterocycles. The van der Waals surface area contributed by atoms with E-state index in [2.05, 4.69) is 4.74 Å². The van der Waals surface area contributed by atoms with Crippen molar-refractivity contribution in [2.75, 3.05) is 7.11 Å². The fourth-order valence-electron chi connectivity index (χ4n) is 2.57. The molecule has 0 saturated carbocycles. The summed E-state index contributed by atoms with van der Waals surface area (Å²) in [6.45, 7) is 4.53. The van der Waals surface area contributed by atoms with E-state index in [1.165, 1.54) is 7.11 Å². The van der Waals surface area contributed by atoms with Gasteiger partial charge in [0.05, 0.1) is 12.7 Å². The van der Waals surface area contributed by atoms with Gasteiger partial charge in [-0.25, -0.2) is 4.79 Å². The van der Waals surface area contributed by atoms with E-state index in [4.69, 9.17) is 11.6 Å². The summed E-state index contributed by atoms with van der Waals surface area (Å²) in [5.74, 6) is -0.356. The zero-order chi connectivity index (χ0) is 17.0. The molecule has 1 aromatic carbocycles. The van der Waals surface area contributed by atoms with Crippen molar-refractivity contribution in [2.24, 2.45) is 0 Å². The average molecular weight is 334 g/mol. The number of benzene rings is 1. The molecule has 5 heteroatoms. The van der Waals surface area contributed by atoms with Crippen molar-refractivity contribution in [3.05, 3.63) is 68.1 Å². The first-order chi connectivity index (χ1) is 11.0. The predicted molar refractivity (Wildman–Crippen MR) is 91.3 cm³/mol. The standard InChI is InChI=1S/C18H20ClNO3/c1-4-14-11-16(19)17(21)20(12(14)2)10-9-13-5-7-15(8-6-13)18(22)23-3/h5-8,11H,4,9-10H2,1-3H3. The highest BCUT2D eigenvalue weighted by Gasteiger charge is 2.10. The van der Waals surface area contributed by atoms with Gasteiger partial charge < -0.3 is 9.30 Å². The lowest BCUT2D eigenvalue weighted by molar-refractivity contribution is 0.0600. The monoisotopic (exact) mass is 333 g/mol. The number of rotatable bonds is 5. The Morgan fingerprint density at radius 2 is 1.91 bits per heavy atom. The third kappa shape index (κ3) is 3.82. The molecule has 0 bridgehead atoms. The van der Waals surface area contributed by atoms with Gasteiger partial charge in [-0.3, -0.25) is 4.79 Å². The van der Waals surface area contributed by atoms with Crippen LogP contribution in [0, 0.1) is 6.92 Å². The van der Waals surface area contributed by atoms with Gasteiger partial charge in [-0.15, -0.1) is 0 Å². The second-order valence-electron chi connectivity index (χ2n) is 5.35.